The van der Waals surface area contributed by atoms with Gasteiger partial charge in [-0.2, -0.15) is 0 Å². The van der Waals surface area contributed by atoms with Gasteiger partial charge in [0.1, 0.15) is 0 Å². The van der Waals surface area contributed by atoms with Gasteiger partial charge >= 0.3 is 0 Å². The lowest BCUT2D eigenvalue weighted by molar-refractivity contribution is -0.126. The topological polar surface area (TPSA) is 55.1 Å². The molecule has 2 aliphatic carbocycles. The van der Waals surface area contributed by atoms with E-state index in [1.165, 1.54) is 38.5 Å². The number of carbonyl (C=O) groups excluding carboxylic acids is 1. The summed E-state index contributed by atoms with van der Waals surface area (Å²) in [7, 11) is 0. The smallest absolute Gasteiger partial charge is 0.224 e. The van der Waals surface area contributed by atoms with E-state index < -0.39 is 0 Å². The van der Waals surface area contributed by atoms with Crippen LogP contribution in [-0.2, 0) is 4.79 Å². The number of hydrogen-bond acceptors (Lipinski definition) is 2. The second-order valence-corrected chi connectivity index (χ2v) is 6.14. The molecule has 2 saturated carbocycles. The number of hydrogen-bond donors (Lipinski definition) is 2. The highest BCUT2D eigenvalue weighted by Crippen LogP contribution is 2.28. The summed E-state index contributed by atoms with van der Waals surface area (Å²) in [5.41, 5.74) is 6.02. The molecule has 2 atom stereocenters. The SMILES string of the molecule is NC1CCCCC1C(=O)NCCCC1CCCC1. The van der Waals surface area contributed by atoms with Gasteiger partial charge < -0.3 is 11.1 Å². The minimum absolute atomic E-state index is 0.0743. The van der Waals surface area contributed by atoms with Crippen molar-refractivity contribution in [3.8, 4) is 0 Å². The average Bonchev–Trinajstić information content (AvgIpc) is 2.88. The van der Waals surface area contributed by atoms with Crippen LogP contribution in [0.5, 0.6) is 0 Å². The van der Waals surface area contributed by atoms with Crippen LogP contribution in [-0.4, -0.2) is 18.5 Å². The van der Waals surface area contributed by atoms with E-state index in [1.54, 1.807) is 0 Å². The Kier molecular flexibility index (Phi) is 5.48. The summed E-state index contributed by atoms with van der Waals surface area (Å²) < 4.78 is 0. The predicted octanol–water partition coefficient (Wildman–Crippen LogP) is 2.59. The molecule has 2 unspecified atom stereocenters. The molecule has 2 rings (SSSR count). The molecule has 0 aromatic rings. The summed E-state index contributed by atoms with van der Waals surface area (Å²) in [6.07, 6.45) is 12.4. The highest BCUT2D eigenvalue weighted by molar-refractivity contribution is 5.79. The first-order valence-corrected chi connectivity index (χ1v) is 7.80. The van der Waals surface area contributed by atoms with Crippen molar-refractivity contribution < 1.29 is 4.79 Å². The lowest BCUT2D eigenvalue weighted by atomic mass is 9.84. The molecule has 2 aliphatic rings. The molecule has 0 saturated heterocycles. The van der Waals surface area contributed by atoms with Crippen molar-refractivity contribution in [2.45, 2.75) is 70.3 Å². The lowest BCUT2D eigenvalue weighted by Gasteiger charge is -2.27. The number of amides is 1. The zero-order valence-corrected chi connectivity index (χ0v) is 11.5. The van der Waals surface area contributed by atoms with Crippen molar-refractivity contribution >= 4 is 5.91 Å². The van der Waals surface area contributed by atoms with Crippen molar-refractivity contribution in [1.29, 1.82) is 0 Å². The second kappa shape index (κ2) is 7.13. The van der Waals surface area contributed by atoms with E-state index >= 15 is 0 Å². The zero-order chi connectivity index (χ0) is 12.8. The summed E-state index contributed by atoms with van der Waals surface area (Å²) >= 11 is 0. The van der Waals surface area contributed by atoms with Gasteiger partial charge in [0.05, 0.1) is 5.92 Å². The fraction of sp³-hybridized carbons (Fsp3) is 0.933. The van der Waals surface area contributed by atoms with E-state index in [4.69, 9.17) is 5.73 Å². The van der Waals surface area contributed by atoms with Gasteiger partial charge in [-0.25, -0.2) is 0 Å². The Morgan fingerprint density at radius 2 is 1.72 bits per heavy atom. The maximum Gasteiger partial charge on any atom is 0.224 e. The first-order chi connectivity index (χ1) is 8.77. The van der Waals surface area contributed by atoms with E-state index in [0.717, 1.165) is 38.1 Å². The van der Waals surface area contributed by atoms with Gasteiger partial charge in [0, 0.05) is 12.6 Å². The molecule has 0 bridgehead atoms. The Hall–Kier alpha value is -0.570. The Morgan fingerprint density at radius 3 is 2.44 bits per heavy atom. The standard InChI is InChI=1S/C15H28N2O/c16-14-10-4-3-9-13(14)15(18)17-11-5-8-12-6-1-2-7-12/h12-14H,1-11,16H2,(H,17,18). The Bertz CT molecular complexity index is 261. The molecule has 3 nitrogen and oxygen atoms in total. The summed E-state index contributed by atoms with van der Waals surface area (Å²) in [6.45, 7) is 0.846. The fourth-order valence-corrected chi connectivity index (χ4v) is 3.52. The summed E-state index contributed by atoms with van der Waals surface area (Å²) in [5, 5.41) is 3.09. The van der Waals surface area contributed by atoms with Crippen LogP contribution in [0.3, 0.4) is 0 Å². The highest BCUT2D eigenvalue weighted by Gasteiger charge is 2.27. The minimum atomic E-state index is 0.0743. The van der Waals surface area contributed by atoms with Crippen LogP contribution in [0.4, 0.5) is 0 Å². The third-order valence-electron chi connectivity index (χ3n) is 4.72. The van der Waals surface area contributed by atoms with Crippen molar-refractivity contribution in [3.63, 3.8) is 0 Å². The lowest BCUT2D eigenvalue weighted by Crippen LogP contribution is -2.43. The molecule has 18 heavy (non-hydrogen) atoms. The molecular formula is C15H28N2O. The van der Waals surface area contributed by atoms with E-state index in [9.17, 15) is 4.79 Å². The molecule has 0 aromatic heterocycles. The van der Waals surface area contributed by atoms with Gasteiger partial charge in [0.25, 0.3) is 0 Å². The first-order valence-electron chi connectivity index (χ1n) is 7.80. The number of rotatable bonds is 5. The quantitative estimate of drug-likeness (QED) is 0.739. The normalized spacial score (nSPS) is 29.4. The van der Waals surface area contributed by atoms with Gasteiger partial charge in [-0.1, -0.05) is 38.5 Å². The van der Waals surface area contributed by atoms with Crippen LogP contribution in [0, 0.1) is 11.8 Å². The predicted molar refractivity (Wildman–Crippen MR) is 74.1 cm³/mol. The molecule has 3 heteroatoms. The molecule has 104 valence electrons. The third kappa shape index (κ3) is 3.98. The van der Waals surface area contributed by atoms with Gasteiger partial charge in [0.15, 0.2) is 0 Å². The van der Waals surface area contributed by atoms with Crippen molar-refractivity contribution in [2.75, 3.05) is 6.54 Å². The maximum atomic E-state index is 12.0. The van der Waals surface area contributed by atoms with Crippen LogP contribution in [0.1, 0.15) is 64.2 Å². The minimum Gasteiger partial charge on any atom is -0.356 e. The molecule has 0 aromatic carbocycles. The molecule has 3 N–H and O–H groups in total. The molecule has 0 heterocycles. The molecule has 0 spiro atoms. The third-order valence-corrected chi connectivity index (χ3v) is 4.72. The summed E-state index contributed by atoms with van der Waals surface area (Å²) in [4.78, 5) is 12.0. The zero-order valence-electron chi connectivity index (χ0n) is 11.5. The van der Waals surface area contributed by atoms with Crippen LogP contribution in [0.2, 0.25) is 0 Å². The van der Waals surface area contributed by atoms with Gasteiger partial charge in [-0.15, -0.1) is 0 Å². The Morgan fingerprint density at radius 1 is 1.06 bits per heavy atom. The Labute approximate surface area is 111 Å². The number of nitrogens with one attached hydrogen (secondary N) is 1. The van der Waals surface area contributed by atoms with Crippen LogP contribution >= 0.6 is 0 Å². The molecular weight excluding hydrogens is 224 g/mol. The summed E-state index contributed by atoms with van der Waals surface area (Å²) in [6, 6.07) is 0.0913. The average molecular weight is 252 g/mol. The maximum absolute atomic E-state index is 12.0. The fourth-order valence-electron chi connectivity index (χ4n) is 3.52. The number of nitrogens with two attached hydrogens (primary N) is 1. The summed E-state index contributed by atoms with van der Waals surface area (Å²) in [5.74, 6) is 1.21. The van der Waals surface area contributed by atoms with Crippen molar-refractivity contribution in [3.05, 3.63) is 0 Å². The highest BCUT2D eigenvalue weighted by atomic mass is 16.1. The van der Waals surface area contributed by atoms with Gasteiger partial charge in [-0.3, -0.25) is 4.79 Å². The second-order valence-electron chi connectivity index (χ2n) is 6.14. The van der Waals surface area contributed by atoms with Crippen LogP contribution in [0.15, 0.2) is 0 Å². The van der Waals surface area contributed by atoms with Gasteiger partial charge in [-0.05, 0) is 31.6 Å². The van der Waals surface area contributed by atoms with E-state index in [1.807, 2.05) is 0 Å². The molecule has 1 amide bonds. The van der Waals surface area contributed by atoms with E-state index in [2.05, 4.69) is 5.32 Å². The number of carbonyl (C=O) groups is 1. The van der Waals surface area contributed by atoms with Crippen molar-refractivity contribution in [2.24, 2.45) is 17.6 Å². The van der Waals surface area contributed by atoms with Crippen molar-refractivity contribution in [1.82, 2.24) is 5.32 Å². The Balaban J connectivity index is 1.58. The monoisotopic (exact) mass is 252 g/mol. The molecule has 0 radical (unpaired) electrons. The first kappa shape index (κ1) is 13.9. The van der Waals surface area contributed by atoms with Crippen LogP contribution in [0.25, 0.3) is 0 Å². The van der Waals surface area contributed by atoms with Crippen LogP contribution < -0.4 is 11.1 Å². The van der Waals surface area contributed by atoms with E-state index in [0.29, 0.717) is 0 Å². The van der Waals surface area contributed by atoms with Gasteiger partial charge in [0.2, 0.25) is 5.91 Å². The van der Waals surface area contributed by atoms with E-state index in [-0.39, 0.29) is 17.9 Å². The molecule has 0 aliphatic heterocycles. The largest absolute Gasteiger partial charge is 0.356 e. The molecule has 2 fully saturated rings.